The van der Waals surface area contributed by atoms with Crippen LogP contribution in [0.4, 0.5) is 0 Å². The molecular weight excluding hydrogens is 332 g/mol. The third-order valence-electron chi connectivity index (χ3n) is 3.05. The van der Waals surface area contributed by atoms with Gasteiger partial charge in [0.25, 0.3) is 0 Å². The van der Waals surface area contributed by atoms with Gasteiger partial charge in [0.05, 0.1) is 0 Å². The van der Waals surface area contributed by atoms with E-state index in [9.17, 15) is 25.2 Å². The van der Waals surface area contributed by atoms with E-state index in [1.54, 1.807) is 0 Å². The minimum Gasteiger partial charge on any atom is -0.508 e. The van der Waals surface area contributed by atoms with Crippen LogP contribution < -0.4 is 5.43 Å². The number of fused-ring (bicyclic) bond motifs is 1. The third kappa shape index (κ3) is 2.59. The van der Waals surface area contributed by atoms with Gasteiger partial charge in [-0.2, -0.15) is 0 Å². The van der Waals surface area contributed by atoms with Crippen molar-refractivity contribution in [3.05, 3.63) is 46.6 Å². The van der Waals surface area contributed by atoms with Crippen LogP contribution in [0.1, 0.15) is 0 Å². The van der Waals surface area contributed by atoms with Crippen LogP contribution in [-0.2, 0) is 17.1 Å². The number of benzene rings is 2. The molecule has 0 fully saturated rings. The Morgan fingerprint density at radius 1 is 0.818 bits per heavy atom. The quantitative estimate of drug-likeness (QED) is 0.399. The first-order valence-electron chi connectivity index (χ1n) is 5.98. The second-order valence-electron chi connectivity index (χ2n) is 4.52. The van der Waals surface area contributed by atoms with Crippen LogP contribution >= 0.6 is 0 Å². The molecule has 0 radical (unpaired) electrons. The number of phenols is 4. The molecule has 22 heavy (non-hydrogen) atoms. The molecule has 0 aliphatic heterocycles. The topological polar surface area (TPSA) is 111 Å². The number of hydrogen-bond acceptors (Lipinski definition) is 6. The first kappa shape index (κ1) is 15.8. The molecule has 0 aliphatic carbocycles. The number of hydrogen-bond donors (Lipinski definition) is 4. The van der Waals surface area contributed by atoms with Crippen molar-refractivity contribution < 1.29 is 41.9 Å². The molecule has 0 atom stereocenters. The Labute approximate surface area is 134 Å². The fourth-order valence-electron chi connectivity index (χ4n) is 2.07. The van der Waals surface area contributed by atoms with Crippen LogP contribution in [0, 0.1) is 0 Å². The van der Waals surface area contributed by atoms with Crippen molar-refractivity contribution >= 4 is 11.0 Å². The van der Waals surface area contributed by atoms with E-state index < -0.39 is 5.43 Å². The minimum absolute atomic E-state index is 0. The van der Waals surface area contributed by atoms with Crippen molar-refractivity contribution in [2.24, 2.45) is 0 Å². The SMILES string of the molecule is O=c1cc(-c2ccc(O)c(O)c2)oc2cc(O)cc(O)c12.[Fe]. The Morgan fingerprint density at radius 3 is 2.23 bits per heavy atom. The molecule has 0 unspecified atom stereocenters. The van der Waals surface area contributed by atoms with E-state index in [-0.39, 0.29) is 56.8 Å². The first-order chi connectivity index (χ1) is 9.95. The first-order valence-corrected chi connectivity index (χ1v) is 5.98. The average molecular weight is 342 g/mol. The summed E-state index contributed by atoms with van der Waals surface area (Å²) in [5, 5.41) is 37.9. The molecule has 0 saturated carbocycles. The molecular formula is C15H10FeO6. The van der Waals surface area contributed by atoms with Gasteiger partial charge in [-0.25, -0.2) is 0 Å². The summed E-state index contributed by atoms with van der Waals surface area (Å²) in [5.41, 5.74) is -0.106. The molecule has 1 aromatic heterocycles. The Hall–Kier alpha value is -2.63. The van der Waals surface area contributed by atoms with Gasteiger partial charge < -0.3 is 24.8 Å². The molecule has 3 aromatic rings. The van der Waals surface area contributed by atoms with Gasteiger partial charge in [-0.3, -0.25) is 4.79 Å². The molecule has 114 valence electrons. The number of aromatic hydroxyl groups is 4. The van der Waals surface area contributed by atoms with Crippen molar-refractivity contribution in [1.82, 2.24) is 0 Å². The molecule has 7 heteroatoms. The Bertz CT molecular complexity index is 916. The third-order valence-corrected chi connectivity index (χ3v) is 3.05. The average Bonchev–Trinajstić information content (AvgIpc) is 2.40. The predicted molar refractivity (Wildman–Crippen MR) is 74.6 cm³/mol. The molecule has 0 amide bonds. The fourth-order valence-corrected chi connectivity index (χ4v) is 2.07. The van der Waals surface area contributed by atoms with E-state index in [0.29, 0.717) is 5.56 Å². The van der Waals surface area contributed by atoms with Crippen molar-refractivity contribution in [2.75, 3.05) is 0 Å². The summed E-state index contributed by atoms with van der Waals surface area (Å²) in [6, 6.07) is 7.37. The number of phenolic OH excluding ortho intramolecular Hbond substituents is 4. The minimum atomic E-state index is -0.490. The Kier molecular flexibility index (Phi) is 4.03. The molecule has 0 saturated heterocycles. The second kappa shape index (κ2) is 5.63. The van der Waals surface area contributed by atoms with Gasteiger partial charge in [-0.05, 0) is 18.2 Å². The van der Waals surface area contributed by atoms with Crippen molar-refractivity contribution in [3.63, 3.8) is 0 Å². The van der Waals surface area contributed by atoms with E-state index in [4.69, 9.17) is 4.42 Å². The normalized spacial score (nSPS) is 10.4. The maximum absolute atomic E-state index is 12.0. The second-order valence-corrected chi connectivity index (χ2v) is 4.52. The van der Waals surface area contributed by atoms with Gasteiger partial charge in [0.1, 0.15) is 28.2 Å². The van der Waals surface area contributed by atoms with Crippen LogP contribution in [0.15, 0.2) is 45.6 Å². The standard InChI is InChI=1S/C15H10O6.Fe/c16-8-4-11(19)15-12(20)6-13(21-14(15)5-8)7-1-2-9(17)10(18)3-7;/h1-6,16-19H;. The van der Waals surface area contributed by atoms with E-state index in [0.717, 1.165) is 12.1 Å². The van der Waals surface area contributed by atoms with Crippen LogP contribution in [0.3, 0.4) is 0 Å². The molecule has 6 nitrogen and oxygen atoms in total. The summed E-state index contributed by atoms with van der Waals surface area (Å²) in [6.45, 7) is 0. The van der Waals surface area contributed by atoms with Gasteiger partial charge >= 0.3 is 0 Å². The van der Waals surface area contributed by atoms with Gasteiger partial charge in [0, 0.05) is 40.8 Å². The van der Waals surface area contributed by atoms with Crippen molar-refractivity contribution in [2.45, 2.75) is 0 Å². The van der Waals surface area contributed by atoms with E-state index in [1.807, 2.05) is 0 Å². The zero-order chi connectivity index (χ0) is 15.1. The van der Waals surface area contributed by atoms with Crippen LogP contribution in [0.2, 0.25) is 0 Å². The summed E-state index contributed by atoms with van der Waals surface area (Å²) in [6.07, 6.45) is 0. The van der Waals surface area contributed by atoms with Gasteiger partial charge in [0.2, 0.25) is 0 Å². The summed E-state index contributed by atoms with van der Waals surface area (Å²) in [4.78, 5) is 12.0. The maximum Gasteiger partial charge on any atom is 0.197 e. The van der Waals surface area contributed by atoms with E-state index in [2.05, 4.69) is 0 Å². The summed E-state index contributed by atoms with van der Waals surface area (Å²) < 4.78 is 5.47. The molecule has 0 spiro atoms. The molecule has 4 N–H and O–H groups in total. The Morgan fingerprint density at radius 2 is 1.55 bits per heavy atom. The number of rotatable bonds is 1. The zero-order valence-corrected chi connectivity index (χ0v) is 12.0. The molecule has 2 aromatic carbocycles. The molecule has 1 heterocycles. The van der Waals surface area contributed by atoms with Crippen molar-refractivity contribution in [1.29, 1.82) is 0 Å². The van der Waals surface area contributed by atoms with Gasteiger partial charge in [-0.15, -0.1) is 0 Å². The maximum atomic E-state index is 12.0. The molecule has 0 aliphatic rings. The fraction of sp³-hybridized carbons (Fsp3) is 0. The molecule has 3 rings (SSSR count). The van der Waals surface area contributed by atoms with Gasteiger partial charge in [0.15, 0.2) is 16.9 Å². The predicted octanol–water partition coefficient (Wildman–Crippen LogP) is 2.28. The molecule has 0 bridgehead atoms. The van der Waals surface area contributed by atoms with Crippen LogP contribution in [0.25, 0.3) is 22.3 Å². The van der Waals surface area contributed by atoms with Crippen LogP contribution in [0.5, 0.6) is 23.0 Å². The monoisotopic (exact) mass is 342 g/mol. The Balaban J connectivity index is 0.00000176. The van der Waals surface area contributed by atoms with Gasteiger partial charge in [-0.1, -0.05) is 0 Å². The van der Waals surface area contributed by atoms with E-state index in [1.165, 1.54) is 24.3 Å². The smallest absolute Gasteiger partial charge is 0.197 e. The van der Waals surface area contributed by atoms with Crippen molar-refractivity contribution in [3.8, 4) is 34.3 Å². The largest absolute Gasteiger partial charge is 0.508 e. The summed E-state index contributed by atoms with van der Waals surface area (Å²) in [7, 11) is 0. The summed E-state index contributed by atoms with van der Waals surface area (Å²) in [5.74, 6) is -1.13. The summed E-state index contributed by atoms with van der Waals surface area (Å²) >= 11 is 0. The zero-order valence-electron chi connectivity index (χ0n) is 10.9. The van der Waals surface area contributed by atoms with Crippen LogP contribution in [-0.4, -0.2) is 20.4 Å². The van der Waals surface area contributed by atoms with E-state index >= 15 is 0 Å².